The van der Waals surface area contributed by atoms with E-state index in [0.29, 0.717) is 6.20 Å². The molecule has 1 aromatic rings. The summed E-state index contributed by atoms with van der Waals surface area (Å²) in [6.07, 6.45) is -4.45. The first kappa shape index (κ1) is 12.5. The van der Waals surface area contributed by atoms with Crippen LogP contribution in [0.1, 0.15) is 10.5 Å². The summed E-state index contributed by atoms with van der Waals surface area (Å²) in [5.41, 5.74) is -2.04. The van der Waals surface area contributed by atoms with E-state index in [0.717, 1.165) is 7.11 Å². The van der Waals surface area contributed by atoms with Crippen molar-refractivity contribution in [2.45, 2.75) is 6.30 Å². The first-order valence-electron chi connectivity index (χ1n) is 3.88. The number of alkyl halides is 3. The van der Waals surface area contributed by atoms with Crippen molar-refractivity contribution < 1.29 is 32.8 Å². The van der Waals surface area contributed by atoms with Crippen LogP contribution >= 0.6 is 0 Å². The summed E-state index contributed by atoms with van der Waals surface area (Å²) in [6, 6.07) is 0. The van der Waals surface area contributed by atoms with E-state index < -0.39 is 35.4 Å². The van der Waals surface area contributed by atoms with Gasteiger partial charge in [-0.3, -0.25) is 0 Å². The van der Waals surface area contributed by atoms with Gasteiger partial charge in [-0.05, 0) is 0 Å². The highest BCUT2D eigenvalue weighted by Crippen LogP contribution is 2.23. The molecule has 10 heteroatoms. The summed E-state index contributed by atoms with van der Waals surface area (Å²) in [6.45, 7) is 0. The normalized spacial score (nSPS) is 11.4. The number of hydrogen-bond acceptors (Lipinski definition) is 5. The molecule has 0 spiro atoms. The zero-order chi connectivity index (χ0) is 12.5. The minimum absolute atomic E-state index is 0.550. The molecule has 0 atom stereocenters. The van der Waals surface area contributed by atoms with Crippen molar-refractivity contribution in [1.29, 1.82) is 0 Å². The molecule has 1 aromatic heterocycles. The van der Waals surface area contributed by atoms with E-state index in [1.54, 1.807) is 0 Å². The van der Waals surface area contributed by atoms with E-state index in [1.807, 2.05) is 0 Å². The maximum absolute atomic E-state index is 12.5. The number of hydrogen-bond donors (Lipinski definition) is 2. The van der Waals surface area contributed by atoms with Crippen molar-refractivity contribution in [3.8, 4) is 0 Å². The minimum Gasteiger partial charge on any atom is -0.464 e. The van der Waals surface area contributed by atoms with Crippen LogP contribution in [0.2, 0.25) is 0 Å². The molecule has 0 fully saturated rings. The van der Waals surface area contributed by atoms with Crippen LogP contribution < -0.4 is 5.72 Å². The lowest BCUT2D eigenvalue weighted by atomic mass is 9.91. The van der Waals surface area contributed by atoms with Crippen molar-refractivity contribution in [3.63, 3.8) is 0 Å². The van der Waals surface area contributed by atoms with Crippen molar-refractivity contribution >= 4 is 18.8 Å². The Morgan fingerprint density at radius 3 is 2.50 bits per heavy atom. The number of carbonyl (C=O) groups excluding carboxylic acids is 1. The number of imidazole rings is 1. The van der Waals surface area contributed by atoms with E-state index >= 15 is 0 Å². The molecule has 6 nitrogen and oxygen atoms in total. The molecule has 0 saturated heterocycles. The minimum atomic E-state index is -5.00. The van der Waals surface area contributed by atoms with Gasteiger partial charge in [0.25, 0.3) is 0 Å². The van der Waals surface area contributed by atoms with Gasteiger partial charge in [-0.2, -0.15) is 0 Å². The molecule has 0 aromatic carbocycles. The third-order valence-electron chi connectivity index (χ3n) is 1.67. The summed E-state index contributed by atoms with van der Waals surface area (Å²) in [5, 5.41) is 17.3. The first-order valence-corrected chi connectivity index (χ1v) is 3.88. The lowest BCUT2D eigenvalue weighted by Crippen LogP contribution is -2.43. The van der Waals surface area contributed by atoms with Gasteiger partial charge in [0.2, 0.25) is 0 Å². The molecule has 0 aliphatic heterocycles. The average molecular weight is 238 g/mol. The Hall–Kier alpha value is -1.55. The smallest absolute Gasteiger partial charge is 0.464 e. The van der Waals surface area contributed by atoms with Gasteiger partial charge in [-0.1, -0.05) is 0 Å². The molecule has 0 saturated carbocycles. The molecule has 0 aliphatic carbocycles. The highest BCUT2D eigenvalue weighted by atomic mass is 19.4. The zero-order valence-electron chi connectivity index (χ0n) is 7.89. The fourth-order valence-corrected chi connectivity index (χ4v) is 1.06. The quantitative estimate of drug-likeness (QED) is 0.500. The maximum Gasteiger partial charge on any atom is 0.526 e. The Kier molecular flexibility index (Phi) is 3.24. The number of ether oxygens (including phenoxy) is 1. The molecule has 1 rings (SSSR count). The average Bonchev–Trinajstić information content (AvgIpc) is 2.59. The lowest BCUT2D eigenvalue weighted by Gasteiger charge is -2.13. The third-order valence-corrected chi connectivity index (χ3v) is 1.67. The van der Waals surface area contributed by atoms with Gasteiger partial charge in [-0.15, -0.1) is 13.2 Å². The van der Waals surface area contributed by atoms with E-state index in [2.05, 4.69) is 9.72 Å². The number of halogens is 3. The molecule has 0 radical (unpaired) electrons. The second kappa shape index (κ2) is 4.14. The van der Waals surface area contributed by atoms with Crippen LogP contribution in [0.3, 0.4) is 0 Å². The van der Waals surface area contributed by atoms with Gasteiger partial charge >= 0.3 is 19.4 Å². The van der Waals surface area contributed by atoms with E-state index in [1.165, 1.54) is 0 Å². The Labute approximate surface area is 87.4 Å². The van der Waals surface area contributed by atoms with E-state index in [-0.39, 0.29) is 0 Å². The summed E-state index contributed by atoms with van der Waals surface area (Å²) < 4.78 is 41.0. The van der Waals surface area contributed by atoms with Gasteiger partial charge < -0.3 is 14.8 Å². The molecule has 2 N–H and O–H groups in total. The fourth-order valence-electron chi connectivity index (χ4n) is 1.06. The molecule has 0 aliphatic rings. The van der Waals surface area contributed by atoms with Gasteiger partial charge in [0.1, 0.15) is 5.72 Å². The van der Waals surface area contributed by atoms with Gasteiger partial charge in [0.15, 0.2) is 5.69 Å². The Morgan fingerprint density at radius 1 is 1.56 bits per heavy atom. The monoisotopic (exact) mass is 238 g/mol. The lowest BCUT2D eigenvalue weighted by molar-refractivity contribution is -0.203. The predicted molar refractivity (Wildman–Crippen MR) is 44.7 cm³/mol. The van der Waals surface area contributed by atoms with Crippen LogP contribution in [0.15, 0.2) is 6.20 Å². The second-order valence-electron chi connectivity index (χ2n) is 2.67. The van der Waals surface area contributed by atoms with Crippen molar-refractivity contribution in [2.24, 2.45) is 0 Å². The Morgan fingerprint density at radius 2 is 2.12 bits per heavy atom. The fraction of sp³-hybridized carbons (Fsp3) is 0.333. The number of methoxy groups -OCH3 is 1. The van der Waals surface area contributed by atoms with E-state index in [9.17, 15) is 18.0 Å². The molecular weight excluding hydrogens is 232 g/mol. The van der Waals surface area contributed by atoms with Crippen LogP contribution in [0, 0.1) is 0 Å². The predicted octanol–water partition coefficient (Wildman–Crippen LogP) is -1.17. The van der Waals surface area contributed by atoms with Crippen LogP contribution in [-0.2, 0) is 11.0 Å². The van der Waals surface area contributed by atoms with Crippen LogP contribution in [0.25, 0.3) is 0 Å². The first-order chi connectivity index (χ1) is 7.29. The van der Waals surface area contributed by atoms with Gasteiger partial charge in [0.05, 0.1) is 13.3 Å². The highest BCUT2D eigenvalue weighted by Gasteiger charge is 2.40. The Bertz CT molecular complexity index is 403. The number of aromatic nitrogens is 2. The molecule has 0 bridgehead atoms. The SMILES string of the molecule is COC(=O)c1cnc(B(O)O)n1C(F)(F)F. The van der Waals surface area contributed by atoms with Crippen LogP contribution in [0.4, 0.5) is 13.2 Å². The maximum atomic E-state index is 12.5. The molecule has 0 amide bonds. The number of rotatable bonds is 2. The van der Waals surface area contributed by atoms with Crippen molar-refractivity contribution in [2.75, 3.05) is 7.11 Å². The highest BCUT2D eigenvalue weighted by molar-refractivity contribution is 6.56. The third kappa shape index (κ3) is 2.17. The molecule has 1 heterocycles. The number of nitrogens with zero attached hydrogens (tertiary/aromatic N) is 2. The topological polar surface area (TPSA) is 84.6 Å². The number of esters is 1. The summed E-state index contributed by atoms with van der Waals surface area (Å²) >= 11 is 0. The summed E-state index contributed by atoms with van der Waals surface area (Å²) in [4.78, 5) is 14.1. The van der Waals surface area contributed by atoms with Gasteiger partial charge in [-0.25, -0.2) is 14.3 Å². The second-order valence-corrected chi connectivity index (χ2v) is 2.67. The largest absolute Gasteiger partial charge is 0.526 e. The van der Waals surface area contributed by atoms with Crippen LogP contribution in [0.5, 0.6) is 0 Å². The molecule has 16 heavy (non-hydrogen) atoms. The van der Waals surface area contributed by atoms with Gasteiger partial charge in [0, 0.05) is 0 Å². The molecular formula is C6H6BF3N2O4. The van der Waals surface area contributed by atoms with Crippen molar-refractivity contribution in [1.82, 2.24) is 9.55 Å². The summed E-state index contributed by atoms with van der Waals surface area (Å²) in [5.74, 6) is -1.28. The summed E-state index contributed by atoms with van der Waals surface area (Å²) in [7, 11) is -1.55. The standard InChI is InChI=1S/C6H6BF3N2O4/c1-16-4(13)3-2-11-5(7(14)15)12(3)6(8,9)10/h2,14-15H,1H3. The molecule has 0 unspecified atom stereocenters. The van der Waals surface area contributed by atoms with Crippen LogP contribution in [-0.4, -0.2) is 39.8 Å². The Balaban J connectivity index is 3.37. The molecule has 88 valence electrons. The van der Waals surface area contributed by atoms with E-state index in [4.69, 9.17) is 10.0 Å². The zero-order valence-corrected chi connectivity index (χ0v) is 7.89. The number of carbonyl (C=O) groups is 1. The van der Waals surface area contributed by atoms with Crippen molar-refractivity contribution in [3.05, 3.63) is 11.9 Å².